The zero-order valence-corrected chi connectivity index (χ0v) is 10.8. The molecule has 0 atom stereocenters. The SMILES string of the molecule is CNCNC(=O)c1cccc(OC(C)(C)C)c1. The molecule has 1 rings (SSSR count). The summed E-state index contributed by atoms with van der Waals surface area (Å²) in [6, 6.07) is 7.17. The van der Waals surface area contributed by atoms with Crippen molar-refractivity contribution in [3.63, 3.8) is 0 Å². The summed E-state index contributed by atoms with van der Waals surface area (Å²) in [5, 5.41) is 5.59. The van der Waals surface area contributed by atoms with Gasteiger partial charge in [-0.3, -0.25) is 4.79 Å². The summed E-state index contributed by atoms with van der Waals surface area (Å²) in [5.74, 6) is 0.591. The topological polar surface area (TPSA) is 50.4 Å². The molecular formula is C13H20N2O2. The van der Waals surface area contributed by atoms with Crippen LogP contribution in [0.5, 0.6) is 5.75 Å². The Morgan fingerprint density at radius 1 is 1.35 bits per heavy atom. The lowest BCUT2D eigenvalue weighted by Crippen LogP contribution is -2.31. The maximum Gasteiger partial charge on any atom is 0.252 e. The summed E-state index contributed by atoms with van der Waals surface area (Å²) in [5.41, 5.74) is 0.335. The quantitative estimate of drug-likeness (QED) is 0.783. The number of rotatable bonds is 4. The summed E-state index contributed by atoms with van der Waals surface area (Å²) >= 11 is 0. The molecule has 94 valence electrons. The third-order valence-corrected chi connectivity index (χ3v) is 1.95. The second kappa shape index (κ2) is 5.68. The zero-order valence-electron chi connectivity index (χ0n) is 10.8. The second-order valence-corrected chi connectivity index (χ2v) is 4.78. The Labute approximate surface area is 102 Å². The van der Waals surface area contributed by atoms with E-state index < -0.39 is 0 Å². The van der Waals surface area contributed by atoms with E-state index in [4.69, 9.17) is 4.74 Å². The van der Waals surface area contributed by atoms with Gasteiger partial charge in [-0.15, -0.1) is 0 Å². The molecule has 0 bridgehead atoms. The van der Waals surface area contributed by atoms with E-state index in [0.717, 1.165) is 0 Å². The van der Waals surface area contributed by atoms with Gasteiger partial charge in [0.2, 0.25) is 0 Å². The van der Waals surface area contributed by atoms with Crippen molar-refractivity contribution in [2.24, 2.45) is 0 Å². The van der Waals surface area contributed by atoms with Crippen molar-refractivity contribution in [2.75, 3.05) is 13.7 Å². The number of ether oxygens (including phenoxy) is 1. The van der Waals surface area contributed by atoms with Crippen molar-refractivity contribution < 1.29 is 9.53 Å². The number of hydrogen-bond donors (Lipinski definition) is 2. The van der Waals surface area contributed by atoms with Gasteiger partial charge >= 0.3 is 0 Å². The van der Waals surface area contributed by atoms with Crippen molar-refractivity contribution >= 4 is 5.91 Å². The first-order chi connectivity index (χ1) is 7.92. The highest BCUT2D eigenvalue weighted by Gasteiger charge is 2.13. The lowest BCUT2D eigenvalue weighted by molar-refractivity contribution is 0.0948. The number of hydrogen-bond acceptors (Lipinski definition) is 3. The highest BCUT2D eigenvalue weighted by Crippen LogP contribution is 2.19. The van der Waals surface area contributed by atoms with Crippen LogP contribution in [0.4, 0.5) is 0 Å². The summed E-state index contributed by atoms with van der Waals surface area (Å²) < 4.78 is 5.70. The molecule has 1 amide bonds. The average molecular weight is 236 g/mol. The molecule has 0 spiro atoms. The summed E-state index contributed by atoms with van der Waals surface area (Å²) in [7, 11) is 1.78. The number of amides is 1. The molecular weight excluding hydrogens is 216 g/mol. The van der Waals surface area contributed by atoms with Crippen molar-refractivity contribution in [3.8, 4) is 5.75 Å². The molecule has 4 nitrogen and oxygen atoms in total. The standard InChI is InChI=1S/C13H20N2O2/c1-13(2,3)17-11-7-5-6-10(8-11)12(16)15-9-14-4/h5-8,14H,9H2,1-4H3,(H,15,16). The normalized spacial score (nSPS) is 11.1. The molecule has 1 aromatic carbocycles. The third-order valence-electron chi connectivity index (χ3n) is 1.95. The molecule has 1 aromatic rings. The molecule has 0 aliphatic heterocycles. The summed E-state index contributed by atoms with van der Waals surface area (Å²) in [6.07, 6.45) is 0. The van der Waals surface area contributed by atoms with Crippen LogP contribution < -0.4 is 15.4 Å². The lowest BCUT2D eigenvalue weighted by atomic mass is 10.1. The largest absolute Gasteiger partial charge is 0.488 e. The predicted octanol–water partition coefficient (Wildman–Crippen LogP) is 1.77. The highest BCUT2D eigenvalue weighted by molar-refractivity contribution is 5.94. The fourth-order valence-electron chi connectivity index (χ4n) is 1.33. The van der Waals surface area contributed by atoms with Crippen LogP contribution in [-0.4, -0.2) is 25.2 Å². The Bertz CT molecular complexity index is 383. The minimum Gasteiger partial charge on any atom is -0.488 e. The minimum absolute atomic E-state index is 0.112. The van der Waals surface area contributed by atoms with Gasteiger partial charge in [0.25, 0.3) is 5.91 Å². The maximum atomic E-state index is 11.7. The lowest BCUT2D eigenvalue weighted by Gasteiger charge is -2.21. The first-order valence-corrected chi connectivity index (χ1v) is 5.64. The van der Waals surface area contributed by atoms with Crippen LogP contribution in [-0.2, 0) is 0 Å². The van der Waals surface area contributed by atoms with Gasteiger partial charge in [0, 0.05) is 5.56 Å². The molecule has 0 saturated carbocycles. The monoisotopic (exact) mass is 236 g/mol. The molecule has 17 heavy (non-hydrogen) atoms. The Kier molecular flexibility index (Phi) is 4.52. The van der Waals surface area contributed by atoms with Crippen LogP contribution in [0.3, 0.4) is 0 Å². The number of nitrogens with one attached hydrogen (secondary N) is 2. The maximum absolute atomic E-state index is 11.7. The number of carbonyl (C=O) groups is 1. The Balaban J connectivity index is 2.75. The molecule has 0 fully saturated rings. The van der Waals surface area contributed by atoms with Crippen LogP contribution in [0, 0.1) is 0 Å². The average Bonchev–Trinajstić information content (AvgIpc) is 2.24. The van der Waals surface area contributed by atoms with Crippen LogP contribution >= 0.6 is 0 Å². The van der Waals surface area contributed by atoms with Gasteiger partial charge < -0.3 is 15.4 Å². The Morgan fingerprint density at radius 2 is 2.06 bits per heavy atom. The van der Waals surface area contributed by atoms with E-state index in [1.807, 2.05) is 32.9 Å². The second-order valence-electron chi connectivity index (χ2n) is 4.78. The predicted molar refractivity (Wildman–Crippen MR) is 68.2 cm³/mol. The van der Waals surface area contributed by atoms with Gasteiger partial charge in [-0.2, -0.15) is 0 Å². The van der Waals surface area contributed by atoms with E-state index in [1.165, 1.54) is 0 Å². The minimum atomic E-state index is -0.264. The fraction of sp³-hybridized carbons (Fsp3) is 0.462. The molecule has 4 heteroatoms. The van der Waals surface area contributed by atoms with Crippen LogP contribution in [0.1, 0.15) is 31.1 Å². The molecule has 0 aromatic heterocycles. The Morgan fingerprint density at radius 3 is 2.65 bits per heavy atom. The van der Waals surface area contributed by atoms with Gasteiger partial charge in [0.15, 0.2) is 0 Å². The molecule has 0 aliphatic carbocycles. The third kappa shape index (κ3) is 4.87. The van der Waals surface area contributed by atoms with Crippen molar-refractivity contribution in [3.05, 3.63) is 29.8 Å². The van der Waals surface area contributed by atoms with Crippen molar-refractivity contribution in [1.82, 2.24) is 10.6 Å². The van der Waals surface area contributed by atoms with E-state index in [0.29, 0.717) is 18.0 Å². The van der Waals surface area contributed by atoms with Gasteiger partial charge in [-0.05, 0) is 46.0 Å². The zero-order chi connectivity index (χ0) is 12.9. The molecule has 0 aliphatic rings. The number of carbonyl (C=O) groups excluding carboxylic acids is 1. The van der Waals surface area contributed by atoms with E-state index in [2.05, 4.69) is 10.6 Å². The van der Waals surface area contributed by atoms with Gasteiger partial charge in [0.05, 0.1) is 6.67 Å². The fourth-order valence-corrected chi connectivity index (χ4v) is 1.33. The van der Waals surface area contributed by atoms with Gasteiger partial charge in [-0.1, -0.05) is 6.07 Å². The first kappa shape index (κ1) is 13.5. The molecule has 2 N–H and O–H groups in total. The molecule has 0 radical (unpaired) electrons. The highest BCUT2D eigenvalue weighted by atomic mass is 16.5. The van der Waals surface area contributed by atoms with Gasteiger partial charge in [0.1, 0.15) is 11.4 Å². The van der Waals surface area contributed by atoms with Crippen LogP contribution in [0.2, 0.25) is 0 Å². The molecule has 0 heterocycles. The van der Waals surface area contributed by atoms with Crippen LogP contribution in [0.25, 0.3) is 0 Å². The van der Waals surface area contributed by atoms with E-state index in [1.54, 1.807) is 19.2 Å². The molecule has 0 unspecified atom stereocenters. The Hall–Kier alpha value is -1.55. The first-order valence-electron chi connectivity index (χ1n) is 5.64. The van der Waals surface area contributed by atoms with Gasteiger partial charge in [-0.25, -0.2) is 0 Å². The summed E-state index contributed by atoms with van der Waals surface area (Å²) in [4.78, 5) is 11.7. The van der Waals surface area contributed by atoms with Crippen molar-refractivity contribution in [2.45, 2.75) is 26.4 Å². The van der Waals surface area contributed by atoms with Crippen LogP contribution in [0.15, 0.2) is 24.3 Å². The summed E-state index contributed by atoms with van der Waals surface area (Å²) in [6.45, 7) is 6.37. The van der Waals surface area contributed by atoms with Crippen molar-refractivity contribution in [1.29, 1.82) is 0 Å². The van der Waals surface area contributed by atoms with E-state index >= 15 is 0 Å². The number of benzene rings is 1. The smallest absolute Gasteiger partial charge is 0.252 e. The molecule has 0 saturated heterocycles. The van der Waals surface area contributed by atoms with E-state index in [9.17, 15) is 4.79 Å². The van der Waals surface area contributed by atoms with E-state index in [-0.39, 0.29) is 11.5 Å².